The minimum atomic E-state index is -0.00424. The van der Waals surface area contributed by atoms with Gasteiger partial charge in [0.2, 0.25) is 0 Å². The fourth-order valence-electron chi connectivity index (χ4n) is 3.18. The number of fused-ring (bicyclic) bond motifs is 1. The molecule has 3 heteroatoms. The molecule has 1 aromatic heterocycles. The molecule has 0 aliphatic rings. The van der Waals surface area contributed by atoms with Gasteiger partial charge in [-0.25, -0.2) is 0 Å². The minimum absolute atomic E-state index is 0.00424. The first-order valence-corrected chi connectivity index (χ1v) is 8.03. The molecule has 0 radical (unpaired) electrons. The quantitative estimate of drug-likeness (QED) is 0.665. The van der Waals surface area contributed by atoms with E-state index >= 15 is 0 Å². The molecule has 0 N–H and O–H groups in total. The van der Waals surface area contributed by atoms with Crippen molar-refractivity contribution in [2.75, 3.05) is 7.11 Å². The molecule has 2 aromatic carbocycles. The molecule has 0 amide bonds. The van der Waals surface area contributed by atoms with E-state index in [9.17, 15) is 4.79 Å². The van der Waals surface area contributed by atoms with E-state index in [0.29, 0.717) is 16.7 Å². The van der Waals surface area contributed by atoms with Crippen molar-refractivity contribution in [2.24, 2.45) is 0 Å². The first-order valence-electron chi connectivity index (χ1n) is 8.03. The van der Waals surface area contributed by atoms with E-state index in [1.807, 2.05) is 39.0 Å². The summed E-state index contributed by atoms with van der Waals surface area (Å²) in [5.41, 5.74) is 6.91. The number of methoxy groups -OCH3 is 1. The number of hydrogen-bond donors (Lipinski definition) is 0. The summed E-state index contributed by atoms with van der Waals surface area (Å²) in [5.74, 6) is 1.32. The van der Waals surface area contributed by atoms with Crippen molar-refractivity contribution in [1.82, 2.24) is 0 Å². The van der Waals surface area contributed by atoms with E-state index in [1.54, 1.807) is 13.2 Å². The van der Waals surface area contributed by atoms with Gasteiger partial charge in [-0.15, -0.1) is 0 Å². The Kier molecular flexibility index (Phi) is 3.96. The summed E-state index contributed by atoms with van der Waals surface area (Å²) >= 11 is 0. The zero-order valence-corrected chi connectivity index (χ0v) is 15.0. The highest BCUT2D eigenvalue weighted by atomic mass is 16.5. The van der Waals surface area contributed by atoms with Crippen LogP contribution in [0.15, 0.2) is 33.5 Å². The third-order valence-corrected chi connectivity index (χ3v) is 4.92. The maximum atomic E-state index is 12.8. The summed E-state index contributed by atoms with van der Waals surface area (Å²) in [6.45, 7) is 10.1. The molecule has 3 aromatic rings. The van der Waals surface area contributed by atoms with Crippen LogP contribution in [0.1, 0.15) is 27.8 Å². The molecular formula is C21H22O3. The van der Waals surface area contributed by atoms with E-state index in [2.05, 4.69) is 13.8 Å². The summed E-state index contributed by atoms with van der Waals surface area (Å²) in [5, 5.41) is 0.680. The lowest BCUT2D eigenvalue weighted by Gasteiger charge is -2.14. The van der Waals surface area contributed by atoms with E-state index in [1.165, 1.54) is 5.56 Å². The molecule has 0 atom stereocenters. The van der Waals surface area contributed by atoms with Crippen LogP contribution < -0.4 is 10.2 Å². The van der Waals surface area contributed by atoms with Crippen molar-refractivity contribution >= 4 is 11.0 Å². The first kappa shape index (κ1) is 16.3. The Bertz CT molecular complexity index is 1010. The predicted molar refractivity (Wildman–Crippen MR) is 98.2 cm³/mol. The number of aryl methyl sites for hydroxylation is 3. The van der Waals surface area contributed by atoms with Crippen LogP contribution in [0.3, 0.4) is 0 Å². The average molecular weight is 322 g/mol. The van der Waals surface area contributed by atoms with Crippen LogP contribution in [0.4, 0.5) is 0 Å². The molecule has 3 rings (SSSR count). The smallest absolute Gasteiger partial charge is 0.193 e. The molecule has 24 heavy (non-hydrogen) atoms. The van der Waals surface area contributed by atoms with Crippen molar-refractivity contribution < 1.29 is 9.15 Å². The number of ether oxygens (including phenoxy) is 1. The molecule has 0 spiro atoms. The Morgan fingerprint density at radius 1 is 0.833 bits per heavy atom. The summed E-state index contributed by atoms with van der Waals surface area (Å²) in [6, 6.07) is 7.42. The van der Waals surface area contributed by atoms with Gasteiger partial charge in [-0.2, -0.15) is 0 Å². The Balaban J connectivity index is 2.37. The molecule has 0 bridgehead atoms. The Morgan fingerprint density at radius 2 is 1.50 bits per heavy atom. The van der Waals surface area contributed by atoms with Gasteiger partial charge in [0.25, 0.3) is 0 Å². The topological polar surface area (TPSA) is 39.4 Å². The van der Waals surface area contributed by atoms with Gasteiger partial charge in [-0.05, 0) is 80.6 Å². The van der Waals surface area contributed by atoms with Crippen molar-refractivity contribution in [3.8, 4) is 17.1 Å². The molecule has 0 fully saturated rings. The molecule has 124 valence electrons. The van der Waals surface area contributed by atoms with E-state index in [0.717, 1.165) is 33.6 Å². The maximum Gasteiger partial charge on any atom is 0.193 e. The van der Waals surface area contributed by atoms with Crippen LogP contribution in [-0.4, -0.2) is 7.11 Å². The SMILES string of the molecule is COc1cc(C)cc(-c2cc(=O)c3c(C)c(C)c(C)c(C)c3o2)c1. The van der Waals surface area contributed by atoms with Crippen LogP contribution >= 0.6 is 0 Å². The highest BCUT2D eigenvalue weighted by Gasteiger charge is 2.16. The van der Waals surface area contributed by atoms with E-state index in [4.69, 9.17) is 9.15 Å². The maximum absolute atomic E-state index is 12.8. The molecule has 0 saturated heterocycles. The number of rotatable bonds is 2. The molecular weight excluding hydrogens is 300 g/mol. The van der Waals surface area contributed by atoms with Crippen LogP contribution in [0, 0.1) is 34.6 Å². The lowest BCUT2D eigenvalue weighted by molar-refractivity contribution is 0.414. The van der Waals surface area contributed by atoms with Crippen LogP contribution in [-0.2, 0) is 0 Å². The summed E-state index contributed by atoms with van der Waals surface area (Å²) in [7, 11) is 1.63. The number of hydrogen-bond acceptors (Lipinski definition) is 3. The molecule has 0 aliphatic heterocycles. The van der Waals surface area contributed by atoms with Gasteiger partial charge in [0.1, 0.15) is 17.1 Å². The largest absolute Gasteiger partial charge is 0.497 e. The fraction of sp³-hybridized carbons (Fsp3) is 0.286. The highest BCUT2D eigenvalue weighted by molar-refractivity contribution is 5.87. The average Bonchev–Trinajstić information content (AvgIpc) is 2.56. The summed E-state index contributed by atoms with van der Waals surface area (Å²) < 4.78 is 11.5. The molecule has 0 unspecified atom stereocenters. The molecule has 1 heterocycles. The first-order chi connectivity index (χ1) is 11.3. The molecule has 0 saturated carbocycles. The van der Waals surface area contributed by atoms with Crippen LogP contribution in [0.2, 0.25) is 0 Å². The second-order valence-corrected chi connectivity index (χ2v) is 6.42. The summed E-state index contributed by atoms with van der Waals surface area (Å²) in [4.78, 5) is 12.8. The van der Waals surface area contributed by atoms with Gasteiger partial charge in [0.15, 0.2) is 5.43 Å². The van der Waals surface area contributed by atoms with Crippen LogP contribution in [0.25, 0.3) is 22.3 Å². The van der Waals surface area contributed by atoms with Gasteiger partial charge in [0.05, 0.1) is 12.5 Å². The lowest BCUT2D eigenvalue weighted by atomic mass is 9.94. The fourth-order valence-corrected chi connectivity index (χ4v) is 3.18. The van der Waals surface area contributed by atoms with Crippen LogP contribution in [0.5, 0.6) is 5.75 Å². The van der Waals surface area contributed by atoms with Crippen molar-refractivity contribution in [3.05, 3.63) is 62.3 Å². The zero-order valence-electron chi connectivity index (χ0n) is 15.0. The monoisotopic (exact) mass is 322 g/mol. The van der Waals surface area contributed by atoms with Gasteiger partial charge < -0.3 is 9.15 Å². The van der Waals surface area contributed by atoms with Gasteiger partial charge >= 0.3 is 0 Å². The minimum Gasteiger partial charge on any atom is -0.497 e. The Hall–Kier alpha value is -2.55. The van der Waals surface area contributed by atoms with Gasteiger partial charge in [-0.1, -0.05) is 0 Å². The van der Waals surface area contributed by atoms with Gasteiger partial charge in [-0.3, -0.25) is 4.79 Å². The molecule has 3 nitrogen and oxygen atoms in total. The zero-order chi connectivity index (χ0) is 17.6. The summed E-state index contributed by atoms with van der Waals surface area (Å²) in [6.07, 6.45) is 0. The molecule has 0 aliphatic carbocycles. The van der Waals surface area contributed by atoms with Crippen molar-refractivity contribution in [2.45, 2.75) is 34.6 Å². The Morgan fingerprint density at radius 3 is 2.17 bits per heavy atom. The third-order valence-electron chi connectivity index (χ3n) is 4.92. The Labute approximate surface area is 141 Å². The standard InChI is InChI=1S/C21H22O3/c1-11-7-16(9-17(8-11)23-6)19-10-18(22)20-14(4)12(2)13(3)15(5)21(20)24-19/h7-10H,1-6H3. The predicted octanol–water partition coefficient (Wildman–Crippen LogP) is 5.01. The second kappa shape index (κ2) is 5.82. The lowest BCUT2D eigenvalue weighted by Crippen LogP contribution is -2.06. The normalized spacial score (nSPS) is 11.1. The second-order valence-electron chi connectivity index (χ2n) is 6.42. The van der Waals surface area contributed by atoms with Gasteiger partial charge in [0, 0.05) is 11.6 Å². The third kappa shape index (κ3) is 2.50. The van der Waals surface area contributed by atoms with Crippen molar-refractivity contribution in [3.63, 3.8) is 0 Å². The van der Waals surface area contributed by atoms with Crippen molar-refractivity contribution in [1.29, 1.82) is 0 Å². The highest BCUT2D eigenvalue weighted by Crippen LogP contribution is 2.31. The van der Waals surface area contributed by atoms with E-state index in [-0.39, 0.29) is 5.43 Å². The number of benzene rings is 2. The van der Waals surface area contributed by atoms with E-state index < -0.39 is 0 Å².